The average molecular weight is 363 g/mol. The van der Waals surface area contributed by atoms with Gasteiger partial charge in [0.25, 0.3) is 5.91 Å². The Hall–Kier alpha value is -2.74. The lowest BCUT2D eigenvalue weighted by molar-refractivity contribution is -0.121. The Morgan fingerprint density at radius 1 is 1.16 bits per heavy atom. The molecule has 0 fully saturated rings. The number of carbonyl (C=O) groups excluding carboxylic acids is 1. The predicted molar refractivity (Wildman–Crippen MR) is 95.4 cm³/mol. The predicted octanol–water partition coefficient (Wildman–Crippen LogP) is 2.13. The highest BCUT2D eigenvalue weighted by Crippen LogP contribution is 2.20. The molecule has 25 heavy (non-hydrogen) atoms. The largest absolute Gasteiger partial charge is 0.271 e. The summed E-state index contributed by atoms with van der Waals surface area (Å²) in [5.41, 5.74) is 3.28. The van der Waals surface area contributed by atoms with E-state index in [1.165, 1.54) is 37.4 Å². The lowest BCUT2D eigenvalue weighted by atomic mass is 10.2. The molecule has 0 aromatic heterocycles. The number of halogens is 1. The number of nitrogens with one attached hydrogen (secondary N) is 1. The Morgan fingerprint density at radius 2 is 1.76 bits per heavy atom. The lowest BCUT2D eigenvalue weighted by Gasteiger charge is -2.27. The molecule has 0 aliphatic carbocycles. The smallest absolute Gasteiger partial charge is 0.263 e. The molecule has 0 heterocycles. The zero-order valence-electron chi connectivity index (χ0n) is 13.8. The third-order valence-electron chi connectivity index (χ3n) is 3.36. The van der Waals surface area contributed by atoms with Gasteiger partial charge in [-0.05, 0) is 36.8 Å². The zero-order valence-corrected chi connectivity index (χ0v) is 14.6. The van der Waals surface area contributed by atoms with Gasteiger partial charge in [0.15, 0.2) is 0 Å². The van der Waals surface area contributed by atoms with Crippen LogP contribution in [0.1, 0.15) is 12.5 Å². The van der Waals surface area contributed by atoms with E-state index in [0.29, 0.717) is 11.3 Å². The first kappa shape index (κ1) is 18.6. The summed E-state index contributed by atoms with van der Waals surface area (Å²) in [6.07, 6.45) is 2.38. The first-order valence-corrected chi connectivity index (χ1v) is 9.27. The van der Waals surface area contributed by atoms with Crippen molar-refractivity contribution in [3.05, 3.63) is 66.0 Å². The number of sulfonamides is 1. The van der Waals surface area contributed by atoms with E-state index in [0.717, 1.165) is 10.6 Å². The Labute approximate surface area is 146 Å². The zero-order chi connectivity index (χ0) is 18.4. The fourth-order valence-corrected chi connectivity index (χ4v) is 3.37. The van der Waals surface area contributed by atoms with Crippen LogP contribution in [0.15, 0.2) is 59.7 Å². The maximum atomic E-state index is 12.8. The van der Waals surface area contributed by atoms with E-state index in [4.69, 9.17) is 0 Å². The van der Waals surface area contributed by atoms with Crippen molar-refractivity contribution in [3.8, 4) is 0 Å². The number of para-hydroxylation sites is 1. The van der Waals surface area contributed by atoms with Gasteiger partial charge in [-0.1, -0.05) is 30.3 Å². The van der Waals surface area contributed by atoms with Gasteiger partial charge >= 0.3 is 0 Å². The molecule has 1 amide bonds. The van der Waals surface area contributed by atoms with Gasteiger partial charge in [-0.15, -0.1) is 0 Å². The van der Waals surface area contributed by atoms with E-state index in [2.05, 4.69) is 10.5 Å². The third-order valence-corrected chi connectivity index (χ3v) is 4.60. The number of hydrogen-bond acceptors (Lipinski definition) is 4. The van der Waals surface area contributed by atoms with Crippen LogP contribution in [0.5, 0.6) is 0 Å². The quantitative estimate of drug-likeness (QED) is 0.631. The summed E-state index contributed by atoms with van der Waals surface area (Å²) >= 11 is 0. The number of anilines is 1. The summed E-state index contributed by atoms with van der Waals surface area (Å²) in [7, 11) is -3.67. The minimum atomic E-state index is -3.67. The van der Waals surface area contributed by atoms with E-state index in [-0.39, 0.29) is 5.82 Å². The fourth-order valence-electron chi connectivity index (χ4n) is 2.20. The number of amides is 1. The number of hydrazone groups is 1. The molecule has 2 aromatic rings. The molecule has 0 aliphatic heterocycles. The van der Waals surface area contributed by atoms with E-state index in [9.17, 15) is 17.6 Å². The first-order valence-electron chi connectivity index (χ1n) is 7.42. The molecule has 2 rings (SSSR count). The summed E-state index contributed by atoms with van der Waals surface area (Å²) in [6, 6.07) is 12.9. The van der Waals surface area contributed by atoms with Crippen LogP contribution in [0.3, 0.4) is 0 Å². The van der Waals surface area contributed by atoms with E-state index in [1.807, 2.05) is 0 Å². The second-order valence-electron chi connectivity index (χ2n) is 5.36. The molecule has 0 aliphatic rings. The van der Waals surface area contributed by atoms with E-state index < -0.39 is 22.0 Å². The van der Waals surface area contributed by atoms with Crippen molar-refractivity contribution in [3.63, 3.8) is 0 Å². The number of hydrogen-bond donors (Lipinski definition) is 1. The maximum absolute atomic E-state index is 12.8. The van der Waals surface area contributed by atoms with Crippen LogP contribution in [-0.4, -0.2) is 32.8 Å². The molecular weight excluding hydrogens is 345 g/mol. The Balaban J connectivity index is 2.12. The van der Waals surface area contributed by atoms with Crippen molar-refractivity contribution in [1.29, 1.82) is 0 Å². The number of rotatable bonds is 6. The van der Waals surface area contributed by atoms with Gasteiger partial charge in [-0.2, -0.15) is 5.10 Å². The van der Waals surface area contributed by atoms with Gasteiger partial charge in [-0.25, -0.2) is 18.2 Å². The van der Waals surface area contributed by atoms with Crippen LogP contribution in [0.25, 0.3) is 0 Å². The standard InChI is InChI=1S/C17H18FN3O3S/c1-13(21(25(2,23)24)16-6-4-3-5-7-16)17(22)20-19-12-14-8-10-15(18)11-9-14/h3-13H,1-2H3,(H,20,22)/b19-12-/t13-/m0/s1. The van der Waals surface area contributed by atoms with Crippen LogP contribution >= 0.6 is 0 Å². The van der Waals surface area contributed by atoms with Gasteiger partial charge in [0, 0.05) is 0 Å². The van der Waals surface area contributed by atoms with Crippen LogP contribution in [-0.2, 0) is 14.8 Å². The molecule has 0 saturated heterocycles. The second-order valence-corrected chi connectivity index (χ2v) is 7.22. The van der Waals surface area contributed by atoms with E-state index >= 15 is 0 Å². The lowest BCUT2D eigenvalue weighted by Crippen LogP contribution is -2.46. The molecule has 0 bridgehead atoms. The van der Waals surface area contributed by atoms with Gasteiger partial charge < -0.3 is 0 Å². The molecule has 132 valence electrons. The number of benzene rings is 2. The van der Waals surface area contributed by atoms with Gasteiger partial charge in [0.05, 0.1) is 18.2 Å². The molecule has 0 spiro atoms. The summed E-state index contributed by atoms with van der Waals surface area (Å²) < 4.78 is 38.0. The second kappa shape index (κ2) is 7.89. The van der Waals surface area contributed by atoms with Gasteiger partial charge in [0.1, 0.15) is 11.9 Å². The summed E-state index contributed by atoms with van der Waals surface area (Å²) in [6.45, 7) is 1.47. The van der Waals surface area contributed by atoms with Crippen LogP contribution < -0.4 is 9.73 Å². The van der Waals surface area contributed by atoms with Crippen molar-refractivity contribution in [1.82, 2.24) is 5.43 Å². The topological polar surface area (TPSA) is 78.8 Å². The fraction of sp³-hybridized carbons (Fsp3) is 0.176. The normalized spacial score (nSPS) is 12.8. The highest BCUT2D eigenvalue weighted by molar-refractivity contribution is 7.92. The monoisotopic (exact) mass is 363 g/mol. The van der Waals surface area contributed by atoms with Crippen LogP contribution in [0.4, 0.5) is 10.1 Å². The number of nitrogens with zero attached hydrogens (tertiary/aromatic N) is 2. The van der Waals surface area contributed by atoms with Gasteiger partial charge in [0.2, 0.25) is 10.0 Å². The molecular formula is C17H18FN3O3S. The Kier molecular flexibility index (Phi) is 5.87. The molecule has 8 heteroatoms. The molecule has 1 N–H and O–H groups in total. The highest BCUT2D eigenvalue weighted by Gasteiger charge is 2.28. The van der Waals surface area contributed by atoms with Crippen LogP contribution in [0, 0.1) is 5.82 Å². The van der Waals surface area contributed by atoms with Crippen molar-refractivity contribution < 1.29 is 17.6 Å². The minimum absolute atomic E-state index is 0.374. The van der Waals surface area contributed by atoms with Crippen LogP contribution in [0.2, 0.25) is 0 Å². The minimum Gasteiger partial charge on any atom is -0.271 e. The summed E-state index contributed by atoms with van der Waals surface area (Å²) in [5, 5.41) is 3.78. The third kappa shape index (κ3) is 5.12. The molecule has 2 aromatic carbocycles. The van der Waals surface area contributed by atoms with Crippen molar-refractivity contribution in [2.24, 2.45) is 5.10 Å². The average Bonchev–Trinajstić information content (AvgIpc) is 2.56. The maximum Gasteiger partial charge on any atom is 0.263 e. The molecule has 0 saturated carbocycles. The molecule has 0 unspecified atom stereocenters. The highest BCUT2D eigenvalue weighted by atomic mass is 32.2. The van der Waals surface area contributed by atoms with E-state index in [1.54, 1.807) is 30.3 Å². The first-order chi connectivity index (χ1) is 11.8. The Bertz CT molecular complexity index is 852. The molecule has 0 radical (unpaired) electrons. The molecule has 6 nitrogen and oxygen atoms in total. The summed E-state index contributed by atoms with van der Waals surface area (Å²) in [5.74, 6) is -0.964. The number of carbonyl (C=O) groups is 1. The SMILES string of the molecule is C[C@@H](C(=O)N/N=C\c1ccc(F)cc1)N(c1ccccc1)S(C)(=O)=O. The van der Waals surface area contributed by atoms with Crippen molar-refractivity contribution in [2.75, 3.05) is 10.6 Å². The molecule has 1 atom stereocenters. The van der Waals surface area contributed by atoms with Crippen molar-refractivity contribution in [2.45, 2.75) is 13.0 Å². The van der Waals surface area contributed by atoms with Crippen molar-refractivity contribution >= 4 is 27.8 Å². The Morgan fingerprint density at radius 3 is 2.32 bits per heavy atom. The van der Waals surface area contributed by atoms with Gasteiger partial charge in [-0.3, -0.25) is 9.10 Å². The summed E-state index contributed by atoms with van der Waals surface area (Å²) in [4.78, 5) is 12.3.